The Morgan fingerprint density at radius 2 is 1.79 bits per heavy atom. The Hall–Kier alpha value is -2.59. The molecule has 2 atom stereocenters. The fourth-order valence-electron chi connectivity index (χ4n) is 5.46. The minimum atomic E-state index is -0.259. The lowest BCUT2D eigenvalue weighted by Crippen LogP contribution is -2.40. The van der Waals surface area contributed by atoms with Crippen LogP contribution in [-0.4, -0.2) is 16.8 Å². The van der Waals surface area contributed by atoms with Gasteiger partial charge in [-0.3, -0.25) is 0 Å². The Kier molecular flexibility index (Phi) is 4.28. The molecule has 2 aliphatic rings. The Bertz CT molecular complexity index is 1050. The molecule has 3 aromatic rings. The third-order valence-electron chi connectivity index (χ3n) is 7.23. The van der Waals surface area contributed by atoms with Gasteiger partial charge in [0.2, 0.25) is 0 Å². The molecule has 2 bridgehead atoms. The van der Waals surface area contributed by atoms with Crippen molar-refractivity contribution in [1.29, 1.82) is 0 Å². The van der Waals surface area contributed by atoms with E-state index in [1.807, 2.05) is 24.3 Å². The van der Waals surface area contributed by atoms with Crippen molar-refractivity contribution in [1.82, 2.24) is 10.2 Å². The van der Waals surface area contributed by atoms with E-state index in [0.717, 1.165) is 18.5 Å². The van der Waals surface area contributed by atoms with Gasteiger partial charge >= 0.3 is 0 Å². The van der Waals surface area contributed by atoms with E-state index in [1.165, 1.54) is 17.2 Å². The van der Waals surface area contributed by atoms with Crippen LogP contribution in [0.3, 0.4) is 0 Å². The number of aromatic nitrogens is 2. The van der Waals surface area contributed by atoms with E-state index >= 15 is 0 Å². The number of rotatable bonds is 5. The molecule has 1 aromatic heterocycles. The second kappa shape index (κ2) is 6.74. The summed E-state index contributed by atoms with van der Waals surface area (Å²) >= 11 is 0. The molecule has 5 rings (SSSR count). The number of nitrogens with zero attached hydrogens (tertiary/aromatic N) is 2. The van der Waals surface area contributed by atoms with Gasteiger partial charge in [-0.2, -0.15) is 10.2 Å². The number of halogens is 1. The van der Waals surface area contributed by atoms with Gasteiger partial charge in [-0.25, -0.2) is 4.39 Å². The largest absolute Gasteiger partial charge is 0.376 e. The van der Waals surface area contributed by atoms with Gasteiger partial charge in [-0.15, -0.1) is 0 Å². The molecule has 2 aliphatic carbocycles. The molecule has 1 saturated carbocycles. The molecule has 0 aliphatic heterocycles. The van der Waals surface area contributed by atoms with Crippen LogP contribution in [0.5, 0.6) is 0 Å². The summed E-state index contributed by atoms with van der Waals surface area (Å²) in [5.41, 5.74) is 4.47. The average molecular weight is 388 g/mol. The van der Waals surface area contributed by atoms with Crippen molar-refractivity contribution in [2.24, 2.45) is 5.41 Å². The molecule has 1 unspecified atom stereocenters. The molecule has 1 heterocycles. The third-order valence-corrected chi connectivity index (χ3v) is 7.23. The second-order valence-electron chi connectivity index (χ2n) is 8.89. The Labute approximate surface area is 171 Å². The molecule has 1 fully saturated rings. The smallest absolute Gasteiger partial charge is 0.132 e. The van der Waals surface area contributed by atoms with E-state index in [-0.39, 0.29) is 16.6 Å². The monoisotopic (exact) mass is 388 g/mol. The molecule has 2 aromatic carbocycles. The van der Waals surface area contributed by atoms with Gasteiger partial charge in [-0.05, 0) is 53.5 Å². The van der Waals surface area contributed by atoms with Crippen molar-refractivity contribution < 1.29 is 9.13 Å². The lowest BCUT2D eigenvalue weighted by Gasteiger charge is -2.37. The zero-order valence-electron chi connectivity index (χ0n) is 16.9. The summed E-state index contributed by atoms with van der Waals surface area (Å²) in [4.78, 5) is 0. The summed E-state index contributed by atoms with van der Waals surface area (Å²) in [7, 11) is 0. The molecule has 0 saturated heterocycles. The number of hydrogen-bond acceptors (Lipinski definition) is 3. The molecular formula is C25H25FN2O. The summed E-state index contributed by atoms with van der Waals surface area (Å²) in [5, 5.41) is 9.09. The third kappa shape index (κ3) is 2.73. The average Bonchev–Trinajstić information content (AvgIpc) is 3.09. The van der Waals surface area contributed by atoms with E-state index in [4.69, 9.17) is 4.74 Å². The van der Waals surface area contributed by atoms with Gasteiger partial charge in [0.25, 0.3) is 0 Å². The number of hydrogen-bond donors (Lipinski definition) is 0. The summed E-state index contributed by atoms with van der Waals surface area (Å²) in [5.74, 6) is 0.143. The molecule has 3 nitrogen and oxygen atoms in total. The Morgan fingerprint density at radius 1 is 1.03 bits per heavy atom. The van der Waals surface area contributed by atoms with Crippen LogP contribution in [0.1, 0.15) is 49.4 Å². The van der Waals surface area contributed by atoms with Gasteiger partial charge in [-0.1, -0.05) is 56.3 Å². The van der Waals surface area contributed by atoms with Gasteiger partial charge in [0.15, 0.2) is 0 Å². The van der Waals surface area contributed by atoms with Crippen LogP contribution in [0.2, 0.25) is 0 Å². The van der Waals surface area contributed by atoms with E-state index < -0.39 is 0 Å². The standard InChI is InChI=1S/C25H25FN2O/c1-24(2)20-12-13-25(24,16-29-15-17-8-4-3-5-9-17)23-19(20)14-22(27-28-23)18-10-6-7-11-21(18)26/h3-11,14,20H,12-13,15-16H2,1-2H3/t20?,25-/m1/s1. The fourth-order valence-corrected chi connectivity index (χ4v) is 5.46. The number of ether oxygens (including phenoxy) is 1. The highest BCUT2D eigenvalue weighted by atomic mass is 19.1. The SMILES string of the molecule is CC1(C)C2CC[C@@]1(COCc1ccccc1)c1nnc(-c3ccccc3F)cc12. The minimum Gasteiger partial charge on any atom is -0.376 e. The summed E-state index contributed by atoms with van der Waals surface area (Å²) in [6.07, 6.45) is 2.16. The zero-order chi connectivity index (χ0) is 20.1. The Morgan fingerprint density at radius 3 is 2.59 bits per heavy atom. The van der Waals surface area contributed by atoms with E-state index in [1.54, 1.807) is 12.1 Å². The summed E-state index contributed by atoms with van der Waals surface area (Å²) < 4.78 is 20.5. The molecule has 0 radical (unpaired) electrons. The van der Waals surface area contributed by atoms with Crippen molar-refractivity contribution >= 4 is 0 Å². The van der Waals surface area contributed by atoms with Crippen LogP contribution in [0.25, 0.3) is 11.3 Å². The fraction of sp³-hybridized carbons (Fsp3) is 0.360. The normalized spacial score (nSPS) is 23.9. The highest BCUT2D eigenvalue weighted by Crippen LogP contribution is 2.67. The second-order valence-corrected chi connectivity index (χ2v) is 8.89. The zero-order valence-corrected chi connectivity index (χ0v) is 16.9. The summed E-state index contributed by atoms with van der Waals surface area (Å²) in [6.45, 7) is 5.87. The van der Waals surface area contributed by atoms with E-state index in [9.17, 15) is 4.39 Å². The van der Waals surface area contributed by atoms with Crippen LogP contribution >= 0.6 is 0 Å². The quantitative estimate of drug-likeness (QED) is 0.566. The Balaban J connectivity index is 1.48. The topological polar surface area (TPSA) is 35.0 Å². The first-order valence-electron chi connectivity index (χ1n) is 10.3. The highest BCUT2D eigenvalue weighted by Gasteiger charge is 2.63. The van der Waals surface area contributed by atoms with Gasteiger partial charge in [0, 0.05) is 11.0 Å². The maximum Gasteiger partial charge on any atom is 0.132 e. The van der Waals surface area contributed by atoms with Crippen molar-refractivity contribution in [3.63, 3.8) is 0 Å². The minimum absolute atomic E-state index is 0.0363. The molecule has 0 amide bonds. The van der Waals surface area contributed by atoms with E-state index in [0.29, 0.717) is 30.4 Å². The van der Waals surface area contributed by atoms with Gasteiger partial charge in [0.1, 0.15) is 5.82 Å². The molecule has 29 heavy (non-hydrogen) atoms. The van der Waals surface area contributed by atoms with Crippen molar-refractivity contribution in [3.8, 4) is 11.3 Å². The first-order valence-corrected chi connectivity index (χ1v) is 10.3. The summed E-state index contributed by atoms with van der Waals surface area (Å²) in [6, 6.07) is 19.1. The van der Waals surface area contributed by atoms with Crippen molar-refractivity contribution in [3.05, 3.63) is 83.3 Å². The van der Waals surface area contributed by atoms with Crippen molar-refractivity contribution in [2.75, 3.05) is 6.61 Å². The highest BCUT2D eigenvalue weighted by molar-refractivity contribution is 5.62. The molecular weight excluding hydrogens is 363 g/mol. The van der Waals surface area contributed by atoms with Crippen LogP contribution in [0, 0.1) is 11.2 Å². The van der Waals surface area contributed by atoms with Crippen LogP contribution < -0.4 is 0 Å². The predicted octanol–water partition coefficient (Wildman–Crippen LogP) is 5.65. The maximum atomic E-state index is 14.3. The molecule has 4 heteroatoms. The number of benzene rings is 2. The van der Waals surface area contributed by atoms with E-state index in [2.05, 4.69) is 42.2 Å². The molecule has 0 N–H and O–H groups in total. The predicted molar refractivity (Wildman–Crippen MR) is 111 cm³/mol. The lowest BCUT2D eigenvalue weighted by molar-refractivity contribution is 0.0309. The van der Waals surface area contributed by atoms with Crippen LogP contribution in [0.4, 0.5) is 4.39 Å². The number of fused-ring (bicyclic) bond motifs is 5. The first-order chi connectivity index (χ1) is 14.0. The van der Waals surface area contributed by atoms with Gasteiger partial charge < -0.3 is 4.74 Å². The van der Waals surface area contributed by atoms with Gasteiger partial charge in [0.05, 0.1) is 24.6 Å². The molecule has 0 spiro atoms. The van der Waals surface area contributed by atoms with Crippen LogP contribution in [0.15, 0.2) is 60.7 Å². The molecule has 148 valence electrons. The van der Waals surface area contributed by atoms with Crippen LogP contribution in [-0.2, 0) is 16.8 Å². The first kappa shape index (κ1) is 18.4. The maximum absolute atomic E-state index is 14.3. The van der Waals surface area contributed by atoms with Crippen molar-refractivity contribution in [2.45, 2.75) is 44.6 Å². The lowest BCUT2D eigenvalue weighted by atomic mass is 9.69.